The van der Waals surface area contributed by atoms with Crippen molar-refractivity contribution in [3.8, 4) is 0 Å². The maximum Gasteiger partial charge on any atom is 0.281 e. The molecule has 1 aliphatic carbocycles. The molecular weight excluding hydrogens is 236 g/mol. The second kappa shape index (κ2) is 4.37. The summed E-state index contributed by atoms with van der Waals surface area (Å²) in [6.07, 6.45) is 6.47. The zero-order valence-electron chi connectivity index (χ0n) is 10.2. The first-order valence-electron chi connectivity index (χ1n) is 6.63. The van der Waals surface area contributed by atoms with Gasteiger partial charge < -0.3 is 0 Å². The van der Waals surface area contributed by atoms with E-state index in [2.05, 4.69) is 0 Å². The Labute approximate surface area is 103 Å². The van der Waals surface area contributed by atoms with Gasteiger partial charge in [0, 0.05) is 26.2 Å². The zero-order chi connectivity index (χ0) is 11.9. The van der Waals surface area contributed by atoms with Crippen molar-refractivity contribution in [2.75, 3.05) is 26.2 Å². The number of rotatable bonds is 2. The van der Waals surface area contributed by atoms with Gasteiger partial charge in [-0.3, -0.25) is 0 Å². The van der Waals surface area contributed by atoms with Gasteiger partial charge in [0.1, 0.15) is 0 Å². The fraction of sp³-hybridized carbons (Fsp3) is 0.833. The van der Waals surface area contributed by atoms with Gasteiger partial charge >= 0.3 is 0 Å². The van der Waals surface area contributed by atoms with E-state index in [-0.39, 0.29) is 0 Å². The van der Waals surface area contributed by atoms with Crippen LogP contribution in [0.2, 0.25) is 0 Å². The van der Waals surface area contributed by atoms with Crippen molar-refractivity contribution in [3.05, 3.63) is 11.1 Å². The Morgan fingerprint density at radius 3 is 1.71 bits per heavy atom. The number of hydrogen-bond acceptors (Lipinski definition) is 2. The lowest BCUT2D eigenvalue weighted by Crippen LogP contribution is -2.45. The molecule has 1 saturated carbocycles. The molecule has 0 aromatic carbocycles. The van der Waals surface area contributed by atoms with Crippen molar-refractivity contribution in [1.82, 2.24) is 8.61 Å². The molecule has 0 amide bonds. The van der Waals surface area contributed by atoms with Crippen LogP contribution in [0.5, 0.6) is 0 Å². The van der Waals surface area contributed by atoms with Gasteiger partial charge in [0.15, 0.2) is 0 Å². The predicted molar refractivity (Wildman–Crippen MR) is 66.8 cm³/mol. The summed E-state index contributed by atoms with van der Waals surface area (Å²) in [5.41, 5.74) is 3.14. The first kappa shape index (κ1) is 11.7. The molecule has 4 nitrogen and oxygen atoms in total. The van der Waals surface area contributed by atoms with Crippen LogP contribution in [-0.2, 0) is 10.2 Å². The first-order valence-corrected chi connectivity index (χ1v) is 8.02. The monoisotopic (exact) mass is 256 g/mol. The molecule has 2 heterocycles. The summed E-state index contributed by atoms with van der Waals surface area (Å²) in [5.74, 6) is 0. The van der Waals surface area contributed by atoms with Crippen molar-refractivity contribution in [2.24, 2.45) is 0 Å². The molecule has 3 rings (SSSR count). The highest BCUT2D eigenvalue weighted by molar-refractivity contribution is 7.86. The van der Waals surface area contributed by atoms with E-state index < -0.39 is 10.2 Å². The molecule has 5 heteroatoms. The number of hydrogen-bond donors (Lipinski definition) is 0. The maximum absolute atomic E-state index is 12.3. The Bertz CT molecular complexity index is 419. The number of allylic oxidation sites excluding steroid dienone is 1. The van der Waals surface area contributed by atoms with Crippen molar-refractivity contribution >= 4 is 10.2 Å². The highest BCUT2D eigenvalue weighted by Crippen LogP contribution is 2.36. The Kier molecular flexibility index (Phi) is 3.00. The molecule has 0 unspecified atom stereocenters. The summed E-state index contributed by atoms with van der Waals surface area (Å²) in [6, 6.07) is 0. The van der Waals surface area contributed by atoms with E-state index in [1.54, 1.807) is 14.2 Å². The van der Waals surface area contributed by atoms with Crippen molar-refractivity contribution in [1.29, 1.82) is 0 Å². The minimum Gasteiger partial charge on any atom is -0.195 e. The van der Waals surface area contributed by atoms with E-state index in [0.717, 1.165) is 25.7 Å². The van der Waals surface area contributed by atoms with Crippen LogP contribution in [-0.4, -0.2) is 43.2 Å². The standard InChI is InChI=1S/C12H20N2O2S/c15-17(16,13-7-1-2-8-13)14-9-5-12(6-10-14)11-3-4-11/h1-10H2. The summed E-state index contributed by atoms with van der Waals surface area (Å²) in [7, 11) is -3.15. The van der Waals surface area contributed by atoms with Crippen LogP contribution in [0, 0.1) is 0 Å². The van der Waals surface area contributed by atoms with E-state index in [1.807, 2.05) is 0 Å². The number of piperidine rings is 1. The molecule has 0 radical (unpaired) electrons. The van der Waals surface area contributed by atoms with Gasteiger partial charge in [0.05, 0.1) is 0 Å². The minimum absolute atomic E-state index is 0.692. The smallest absolute Gasteiger partial charge is 0.195 e. The van der Waals surface area contributed by atoms with Crippen LogP contribution >= 0.6 is 0 Å². The summed E-state index contributed by atoms with van der Waals surface area (Å²) in [4.78, 5) is 0. The summed E-state index contributed by atoms with van der Waals surface area (Å²) < 4.78 is 28.0. The van der Waals surface area contributed by atoms with Crippen LogP contribution in [0.15, 0.2) is 11.1 Å². The molecule has 96 valence electrons. The molecule has 3 aliphatic rings. The first-order chi connectivity index (χ1) is 8.18. The Morgan fingerprint density at radius 1 is 0.706 bits per heavy atom. The largest absolute Gasteiger partial charge is 0.281 e. The van der Waals surface area contributed by atoms with E-state index in [1.165, 1.54) is 18.4 Å². The molecule has 0 bridgehead atoms. The third-order valence-electron chi connectivity index (χ3n) is 4.04. The van der Waals surface area contributed by atoms with Gasteiger partial charge in [-0.2, -0.15) is 17.0 Å². The Balaban J connectivity index is 1.67. The third-order valence-corrected chi connectivity index (χ3v) is 6.08. The van der Waals surface area contributed by atoms with Gasteiger partial charge in [0.2, 0.25) is 0 Å². The predicted octanol–water partition coefficient (Wildman–Crippen LogP) is 1.51. The average Bonchev–Trinajstić information content (AvgIpc) is 3.03. The highest BCUT2D eigenvalue weighted by atomic mass is 32.2. The molecular formula is C12H20N2O2S. The van der Waals surface area contributed by atoms with E-state index >= 15 is 0 Å². The molecule has 0 aromatic heterocycles. The molecule has 2 saturated heterocycles. The second-order valence-electron chi connectivity index (χ2n) is 5.22. The van der Waals surface area contributed by atoms with Crippen molar-refractivity contribution in [2.45, 2.75) is 38.5 Å². The highest BCUT2D eigenvalue weighted by Gasteiger charge is 2.34. The van der Waals surface area contributed by atoms with Gasteiger partial charge in [-0.15, -0.1) is 0 Å². The van der Waals surface area contributed by atoms with Crippen LogP contribution in [0.25, 0.3) is 0 Å². The lowest BCUT2D eigenvalue weighted by Gasteiger charge is -2.31. The lowest BCUT2D eigenvalue weighted by atomic mass is 10.1. The van der Waals surface area contributed by atoms with E-state index in [9.17, 15) is 8.42 Å². The lowest BCUT2D eigenvalue weighted by molar-refractivity contribution is 0.343. The normalized spacial score (nSPS) is 27.8. The summed E-state index contributed by atoms with van der Waals surface area (Å²) >= 11 is 0. The Morgan fingerprint density at radius 2 is 1.18 bits per heavy atom. The molecule has 17 heavy (non-hydrogen) atoms. The third kappa shape index (κ3) is 2.28. The Hall–Kier alpha value is -0.390. The molecule has 2 aliphatic heterocycles. The average molecular weight is 256 g/mol. The van der Waals surface area contributed by atoms with Crippen molar-refractivity contribution in [3.63, 3.8) is 0 Å². The fourth-order valence-corrected chi connectivity index (χ4v) is 4.53. The van der Waals surface area contributed by atoms with Crippen molar-refractivity contribution < 1.29 is 8.42 Å². The van der Waals surface area contributed by atoms with Crippen LogP contribution < -0.4 is 0 Å². The van der Waals surface area contributed by atoms with Gasteiger partial charge in [0.25, 0.3) is 10.2 Å². The van der Waals surface area contributed by atoms with Crippen LogP contribution in [0.3, 0.4) is 0 Å². The zero-order valence-corrected chi connectivity index (χ0v) is 11.0. The topological polar surface area (TPSA) is 40.6 Å². The quantitative estimate of drug-likeness (QED) is 0.703. The molecule has 0 aromatic rings. The number of nitrogens with zero attached hydrogens (tertiary/aromatic N) is 2. The molecule has 0 N–H and O–H groups in total. The second-order valence-corrected chi connectivity index (χ2v) is 7.15. The fourth-order valence-electron chi connectivity index (χ4n) is 2.84. The SMILES string of the molecule is O=S(=O)(N1CCCC1)N1CCC(=C2CC2)CC1. The van der Waals surface area contributed by atoms with E-state index in [0.29, 0.717) is 26.2 Å². The summed E-state index contributed by atoms with van der Waals surface area (Å²) in [5, 5.41) is 0. The van der Waals surface area contributed by atoms with Gasteiger partial charge in [-0.25, -0.2) is 0 Å². The van der Waals surface area contributed by atoms with Gasteiger partial charge in [-0.05, 0) is 38.5 Å². The maximum atomic E-state index is 12.3. The summed E-state index contributed by atoms with van der Waals surface area (Å²) in [6.45, 7) is 2.81. The van der Waals surface area contributed by atoms with Crippen LogP contribution in [0.4, 0.5) is 0 Å². The molecule has 3 fully saturated rings. The minimum atomic E-state index is -3.15. The molecule has 0 spiro atoms. The van der Waals surface area contributed by atoms with E-state index in [4.69, 9.17) is 0 Å². The van der Waals surface area contributed by atoms with Gasteiger partial charge in [-0.1, -0.05) is 11.1 Å². The molecule has 0 atom stereocenters. The van der Waals surface area contributed by atoms with Crippen LogP contribution in [0.1, 0.15) is 38.5 Å².